The van der Waals surface area contributed by atoms with Crippen LogP contribution in [0.25, 0.3) is 16.7 Å². The van der Waals surface area contributed by atoms with E-state index in [-0.39, 0.29) is 11.3 Å². The molecule has 164 valence electrons. The van der Waals surface area contributed by atoms with Crippen LogP contribution >= 0.6 is 0 Å². The molecule has 6 nitrogen and oxygen atoms in total. The molecule has 0 spiro atoms. The maximum absolute atomic E-state index is 13.3. The molecule has 1 aromatic heterocycles. The lowest BCUT2D eigenvalue weighted by atomic mass is 9.94. The number of aliphatic hydroxyl groups is 1. The van der Waals surface area contributed by atoms with Crippen LogP contribution in [0.3, 0.4) is 0 Å². The van der Waals surface area contributed by atoms with E-state index in [9.17, 15) is 14.7 Å². The largest absolute Gasteiger partial charge is 0.507 e. The minimum atomic E-state index is -0.772. The Labute approximate surface area is 191 Å². The van der Waals surface area contributed by atoms with Crippen molar-refractivity contribution in [3.8, 4) is 0 Å². The molecule has 4 aromatic rings. The quantitative estimate of drug-likeness (QED) is 0.272. The molecule has 3 aromatic carbocycles. The van der Waals surface area contributed by atoms with E-state index in [4.69, 9.17) is 0 Å². The number of carbonyl (C=O) groups excluding carboxylic acids is 2. The molecule has 1 saturated heterocycles. The molecule has 0 bridgehead atoms. The Morgan fingerprint density at radius 2 is 1.58 bits per heavy atom. The van der Waals surface area contributed by atoms with E-state index in [1.807, 2.05) is 73.6 Å². The number of rotatable bonds is 4. The van der Waals surface area contributed by atoms with Gasteiger partial charge in [-0.2, -0.15) is 0 Å². The van der Waals surface area contributed by atoms with E-state index >= 15 is 0 Å². The van der Waals surface area contributed by atoms with Crippen LogP contribution in [0.4, 0.5) is 11.4 Å². The molecule has 6 heteroatoms. The third kappa shape index (κ3) is 3.36. The number of benzene rings is 3. The highest BCUT2D eigenvalue weighted by Gasteiger charge is 2.47. The summed E-state index contributed by atoms with van der Waals surface area (Å²) >= 11 is 0. The molecular weight excluding hydrogens is 414 g/mol. The monoisotopic (exact) mass is 437 g/mol. The zero-order valence-electron chi connectivity index (χ0n) is 18.3. The Morgan fingerprint density at radius 1 is 0.909 bits per heavy atom. The van der Waals surface area contributed by atoms with Crippen molar-refractivity contribution in [3.05, 3.63) is 102 Å². The molecule has 0 radical (unpaired) electrons. The lowest BCUT2D eigenvalue weighted by molar-refractivity contribution is -0.132. The van der Waals surface area contributed by atoms with Crippen molar-refractivity contribution in [2.24, 2.45) is 0 Å². The van der Waals surface area contributed by atoms with Gasteiger partial charge in [0, 0.05) is 53.7 Å². The first-order valence-corrected chi connectivity index (χ1v) is 10.7. The van der Waals surface area contributed by atoms with Crippen LogP contribution in [0.1, 0.15) is 17.2 Å². The van der Waals surface area contributed by atoms with E-state index in [0.717, 1.165) is 22.2 Å². The highest BCUT2D eigenvalue weighted by Crippen LogP contribution is 2.44. The van der Waals surface area contributed by atoms with Gasteiger partial charge in [0.15, 0.2) is 0 Å². The van der Waals surface area contributed by atoms with Gasteiger partial charge < -0.3 is 15.0 Å². The van der Waals surface area contributed by atoms with Gasteiger partial charge in [0.05, 0.1) is 11.6 Å². The number of aromatic nitrogens is 1. The van der Waals surface area contributed by atoms with Crippen LogP contribution in [-0.2, 0) is 9.59 Å². The third-order valence-electron chi connectivity index (χ3n) is 6.05. The van der Waals surface area contributed by atoms with Crippen molar-refractivity contribution in [1.82, 2.24) is 4.98 Å². The van der Waals surface area contributed by atoms with E-state index in [2.05, 4.69) is 4.98 Å². The average molecular weight is 437 g/mol. The van der Waals surface area contributed by atoms with Crippen molar-refractivity contribution in [2.45, 2.75) is 6.04 Å². The smallest absolute Gasteiger partial charge is 0.300 e. The van der Waals surface area contributed by atoms with Gasteiger partial charge in [-0.05, 0) is 30.3 Å². The lowest BCUT2D eigenvalue weighted by Gasteiger charge is -2.25. The number of fused-ring (bicyclic) bond motifs is 1. The second-order valence-electron chi connectivity index (χ2n) is 8.24. The summed E-state index contributed by atoms with van der Waals surface area (Å²) in [6.07, 6.45) is 1.81. The van der Waals surface area contributed by atoms with Crippen molar-refractivity contribution in [3.63, 3.8) is 0 Å². The summed E-state index contributed by atoms with van der Waals surface area (Å²) in [5.74, 6) is -1.56. The Hall–Kier alpha value is -4.32. The van der Waals surface area contributed by atoms with E-state index in [1.54, 1.807) is 30.5 Å². The van der Waals surface area contributed by atoms with Gasteiger partial charge in [0.25, 0.3) is 11.7 Å². The predicted molar refractivity (Wildman–Crippen MR) is 130 cm³/mol. The third-order valence-corrected chi connectivity index (χ3v) is 6.05. The fourth-order valence-electron chi connectivity index (χ4n) is 4.38. The Morgan fingerprint density at radius 3 is 2.27 bits per heavy atom. The number of aliphatic hydroxyl groups excluding tert-OH is 1. The summed E-state index contributed by atoms with van der Waals surface area (Å²) in [6.45, 7) is 0. The average Bonchev–Trinajstić information content (AvgIpc) is 3.38. The standard InChI is InChI=1S/C27H23N3O3/c1-29(2)18-12-14-19(15-13-18)30-24(21-16-28-22-11-7-6-10-20(21)22)23(26(32)27(30)33)25(31)17-8-4-3-5-9-17/h3-16,24,28,31H,1-2H3/b25-23+. The molecular formula is C27H23N3O3. The molecule has 2 heterocycles. The van der Waals surface area contributed by atoms with Crippen molar-refractivity contribution in [1.29, 1.82) is 0 Å². The number of hydrogen-bond donors (Lipinski definition) is 2. The van der Waals surface area contributed by atoms with Crippen molar-refractivity contribution < 1.29 is 14.7 Å². The first-order chi connectivity index (χ1) is 16.0. The van der Waals surface area contributed by atoms with E-state index in [1.165, 1.54) is 4.90 Å². The van der Waals surface area contributed by atoms with E-state index in [0.29, 0.717) is 11.3 Å². The molecule has 2 N–H and O–H groups in total. The number of aromatic amines is 1. The lowest BCUT2D eigenvalue weighted by Crippen LogP contribution is -2.29. The number of nitrogens with zero attached hydrogens (tertiary/aromatic N) is 2. The highest BCUT2D eigenvalue weighted by molar-refractivity contribution is 6.51. The second-order valence-corrected chi connectivity index (χ2v) is 8.24. The molecule has 0 aliphatic carbocycles. The number of amides is 1. The minimum absolute atomic E-state index is 0.0765. The van der Waals surface area contributed by atoms with Gasteiger partial charge in [-0.3, -0.25) is 14.5 Å². The fourth-order valence-corrected chi connectivity index (χ4v) is 4.38. The molecule has 0 saturated carbocycles. The number of Topliss-reactive ketones (excluding diaryl/α,β-unsaturated/α-hetero) is 1. The van der Waals surface area contributed by atoms with Crippen molar-refractivity contribution in [2.75, 3.05) is 23.9 Å². The van der Waals surface area contributed by atoms with Gasteiger partial charge in [0.2, 0.25) is 0 Å². The maximum atomic E-state index is 13.3. The molecule has 1 fully saturated rings. The number of carbonyl (C=O) groups is 2. The number of para-hydroxylation sites is 1. The van der Waals surface area contributed by atoms with Crippen LogP contribution in [0.15, 0.2) is 90.6 Å². The summed E-state index contributed by atoms with van der Waals surface area (Å²) < 4.78 is 0. The van der Waals surface area contributed by atoms with Gasteiger partial charge in [-0.1, -0.05) is 48.5 Å². The Bertz CT molecular complexity index is 1390. The fraction of sp³-hybridized carbons (Fsp3) is 0.111. The summed E-state index contributed by atoms with van der Waals surface area (Å²) in [7, 11) is 3.88. The molecule has 1 aliphatic heterocycles. The first kappa shape index (κ1) is 20.6. The van der Waals surface area contributed by atoms with Crippen LogP contribution in [0, 0.1) is 0 Å². The van der Waals surface area contributed by atoms with Crippen LogP contribution in [0.2, 0.25) is 0 Å². The number of hydrogen-bond acceptors (Lipinski definition) is 4. The molecule has 5 rings (SSSR count). The number of nitrogens with one attached hydrogen (secondary N) is 1. The van der Waals surface area contributed by atoms with Gasteiger partial charge in [-0.15, -0.1) is 0 Å². The first-order valence-electron chi connectivity index (χ1n) is 10.7. The van der Waals surface area contributed by atoms with Gasteiger partial charge in [0.1, 0.15) is 5.76 Å². The molecule has 1 aliphatic rings. The predicted octanol–water partition coefficient (Wildman–Crippen LogP) is 4.86. The SMILES string of the molecule is CN(C)c1ccc(N2C(=O)C(=O)/C(=C(/O)c3ccccc3)C2c2c[nH]c3ccccc23)cc1. The summed E-state index contributed by atoms with van der Waals surface area (Å²) in [4.78, 5) is 33.3. The maximum Gasteiger partial charge on any atom is 0.300 e. The molecule has 1 atom stereocenters. The summed E-state index contributed by atoms with van der Waals surface area (Å²) in [5.41, 5.74) is 3.77. The summed E-state index contributed by atoms with van der Waals surface area (Å²) in [5, 5.41) is 12.1. The summed E-state index contributed by atoms with van der Waals surface area (Å²) in [6, 6.07) is 23.2. The molecule has 1 unspecified atom stereocenters. The van der Waals surface area contributed by atoms with Crippen LogP contribution < -0.4 is 9.80 Å². The zero-order chi connectivity index (χ0) is 23.1. The van der Waals surface area contributed by atoms with E-state index < -0.39 is 17.7 Å². The molecule has 1 amide bonds. The Balaban J connectivity index is 1.75. The number of H-pyrrole nitrogens is 1. The zero-order valence-corrected chi connectivity index (χ0v) is 18.3. The van der Waals surface area contributed by atoms with Gasteiger partial charge >= 0.3 is 0 Å². The van der Waals surface area contributed by atoms with Crippen molar-refractivity contribution >= 4 is 39.7 Å². The number of ketones is 1. The molecule has 33 heavy (non-hydrogen) atoms. The second kappa shape index (κ2) is 7.98. The Kier molecular flexibility index (Phi) is 4.98. The topological polar surface area (TPSA) is 76.6 Å². The minimum Gasteiger partial charge on any atom is -0.507 e. The highest BCUT2D eigenvalue weighted by atomic mass is 16.3. The van der Waals surface area contributed by atoms with Gasteiger partial charge in [-0.25, -0.2) is 0 Å². The number of anilines is 2. The normalized spacial score (nSPS) is 17.6. The van der Waals surface area contributed by atoms with Crippen LogP contribution in [0.5, 0.6) is 0 Å². The van der Waals surface area contributed by atoms with Crippen LogP contribution in [-0.4, -0.2) is 35.9 Å².